The summed E-state index contributed by atoms with van der Waals surface area (Å²) in [6.45, 7) is 0. The number of benzene rings is 1. The maximum absolute atomic E-state index is 13.7. The Labute approximate surface area is 177 Å². The van der Waals surface area contributed by atoms with Gasteiger partial charge in [0.05, 0.1) is 24.6 Å². The molecule has 0 bridgehead atoms. The molecule has 0 radical (unpaired) electrons. The van der Waals surface area contributed by atoms with E-state index in [1.165, 1.54) is 60.2 Å². The van der Waals surface area contributed by atoms with E-state index in [1.54, 1.807) is 0 Å². The molecular weight excluding hydrogens is 438 g/mol. The summed E-state index contributed by atoms with van der Waals surface area (Å²) in [6.07, 6.45) is -7.85. The summed E-state index contributed by atoms with van der Waals surface area (Å²) < 4.78 is 85.6. The van der Waals surface area contributed by atoms with Gasteiger partial charge in [-0.1, -0.05) is 6.07 Å². The molecule has 4 aromatic rings. The van der Waals surface area contributed by atoms with Crippen LogP contribution in [0.25, 0.3) is 17.0 Å². The smallest absolute Gasteiger partial charge is 0.435 e. The second-order valence-corrected chi connectivity index (χ2v) is 6.71. The first-order valence-corrected chi connectivity index (χ1v) is 9.11. The van der Waals surface area contributed by atoms with Gasteiger partial charge in [0.25, 0.3) is 0 Å². The molecular formula is C21H14F6N4O. The number of nitrogens with zero attached hydrogens (tertiary/aromatic N) is 3. The van der Waals surface area contributed by atoms with E-state index in [0.29, 0.717) is 11.4 Å². The Morgan fingerprint density at radius 2 is 1.56 bits per heavy atom. The lowest BCUT2D eigenvalue weighted by Gasteiger charge is -2.11. The van der Waals surface area contributed by atoms with Crippen LogP contribution in [0.3, 0.4) is 0 Å². The summed E-state index contributed by atoms with van der Waals surface area (Å²) >= 11 is 0. The van der Waals surface area contributed by atoms with Gasteiger partial charge >= 0.3 is 12.4 Å². The van der Waals surface area contributed by atoms with Crippen molar-refractivity contribution in [2.45, 2.75) is 12.4 Å². The lowest BCUT2D eigenvalue weighted by atomic mass is 10.2. The molecule has 0 aliphatic carbocycles. The number of nitrogens with one attached hydrogen (secondary N) is 1. The van der Waals surface area contributed by atoms with Crippen molar-refractivity contribution in [1.82, 2.24) is 14.4 Å². The lowest BCUT2D eigenvalue weighted by Crippen LogP contribution is -2.08. The molecule has 0 saturated carbocycles. The molecule has 0 amide bonds. The van der Waals surface area contributed by atoms with Gasteiger partial charge in [-0.15, -0.1) is 0 Å². The second-order valence-electron chi connectivity index (χ2n) is 6.71. The van der Waals surface area contributed by atoms with Gasteiger partial charge in [0, 0.05) is 5.69 Å². The van der Waals surface area contributed by atoms with E-state index in [4.69, 9.17) is 4.74 Å². The van der Waals surface area contributed by atoms with E-state index < -0.39 is 23.6 Å². The minimum absolute atomic E-state index is 0.0324. The highest BCUT2D eigenvalue weighted by Crippen LogP contribution is 2.37. The van der Waals surface area contributed by atoms with Crippen molar-refractivity contribution in [2.24, 2.45) is 0 Å². The fourth-order valence-corrected chi connectivity index (χ4v) is 3.11. The molecule has 11 heteroatoms. The molecule has 4 rings (SSSR count). The van der Waals surface area contributed by atoms with Crippen LogP contribution < -0.4 is 10.1 Å². The first-order valence-electron chi connectivity index (χ1n) is 9.11. The van der Waals surface area contributed by atoms with Crippen molar-refractivity contribution in [3.8, 4) is 17.1 Å². The summed E-state index contributed by atoms with van der Waals surface area (Å²) in [7, 11) is 1.38. The van der Waals surface area contributed by atoms with Gasteiger partial charge in [-0.05, 0) is 48.5 Å². The lowest BCUT2D eigenvalue weighted by molar-refractivity contribution is -0.140. The van der Waals surface area contributed by atoms with Crippen LogP contribution in [0, 0.1) is 0 Å². The average Bonchev–Trinajstić information content (AvgIpc) is 3.13. The number of halogens is 6. The van der Waals surface area contributed by atoms with E-state index in [1.807, 2.05) is 0 Å². The van der Waals surface area contributed by atoms with Crippen LogP contribution >= 0.6 is 0 Å². The summed E-state index contributed by atoms with van der Waals surface area (Å²) in [6, 6.07) is 11.4. The molecule has 3 aromatic heterocycles. The van der Waals surface area contributed by atoms with Crippen LogP contribution in [0.15, 0.2) is 60.8 Å². The summed E-state index contributed by atoms with van der Waals surface area (Å²) in [5.41, 5.74) is -1.92. The first kappa shape index (κ1) is 21.5. The maximum Gasteiger partial charge on any atom is 0.435 e. The Morgan fingerprint density at radius 3 is 2.19 bits per heavy atom. The number of fused-ring (bicyclic) bond motifs is 1. The van der Waals surface area contributed by atoms with Gasteiger partial charge in [-0.2, -0.15) is 26.3 Å². The van der Waals surface area contributed by atoms with Crippen LogP contribution in [0.4, 0.5) is 37.8 Å². The van der Waals surface area contributed by atoms with E-state index >= 15 is 0 Å². The van der Waals surface area contributed by atoms with Crippen molar-refractivity contribution in [1.29, 1.82) is 0 Å². The predicted octanol–water partition coefficient (Wildman–Crippen LogP) is 6.19. The van der Waals surface area contributed by atoms with Crippen LogP contribution in [-0.4, -0.2) is 21.5 Å². The maximum atomic E-state index is 13.7. The van der Waals surface area contributed by atoms with Crippen molar-refractivity contribution in [2.75, 3.05) is 12.4 Å². The van der Waals surface area contributed by atoms with Crippen LogP contribution in [-0.2, 0) is 12.4 Å². The Hall–Kier alpha value is -3.76. The average molecular weight is 452 g/mol. The highest BCUT2D eigenvalue weighted by atomic mass is 19.4. The van der Waals surface area contributed by atoms with Gasteiger partial charge in [0.2, 0.25) is 0 Å². The molecule has 166 valence electrons. The summed E-state index contributed by atoms with van der Waals surface area (Å²) in [5.74, 6) is 0.470. The highest BCUT2D eigenvalue weighted by Gasteiger charge is 2.39. The number of ether oxygens (including phenoxy) is 1. The number of methoxy groups -OCH3 is 1. The molecule has 1 aromatic carbocycles. The second kappa shape index (κ2) is 7.74. The third-order valence-electron chi connectivity index (χ3n) is 4.57. The highest BCUT2D eigenvalue weighted by molar-refractivity contribution is 5.68. The summed E-state index contributed by atoms with van der Waals surface area (Å²) in [4.78, 5) is 7.92. The number of aromatic nitrogens is 3. The number of alkyl halides is 6. The third kappa shape index (κ3) is 4.18. The number of rotatable bonds is 4. The zero-order valence-corrected chi connectivity index (χ0v) is 16.3. The van der Waals surface area contributed by atoms with E-state index in [2.05, 4.69) is 15.3 Å². The van der Waals surface area contributed by atoms with Crippen molar-refractivity contribution < 1.29 is 31.1 Å². The van der Waals surface area contributed by atoms with Gasteiger partial charge in [0.15, 0.2) is 5.69 Å². The zero-order valence-electron chi connectivity index (χ0n) is 16.3. The topological polar surface area (TPSA) is 51.5 Å². The monoisotopic (exact) mass is 452 g/mol. The molecule has 0 aliphatic heterocycles. The molecule has 0 unspecified atom stereocenters. The number of hydrogen-bond acceptors (Lipinski definition) is 4. The normalized spacial score (nSPS) is 12.2. The predicted molar refractivity (Wildman–Crippen MR) is 105 cm³/mol. The van der Waals surface area contributed by atoms with Gasteiger partial charge in [0.1, 0.15) is 22.9 Å². The molecule has 3 heterocycles. The van der Waals surface area contributed by atoms with Gasteiger partial charge in [-0.25, -0.2) is 9.97 Å². The largest absolute Gasteiger partial charge is 0.495 e. The van der Waals surface area contributed by atoms with Crippen molar-refractivity contribution in [3.63, 3.8) is 0 Å². The summed E-state index contributed by atoms with van der Waals surface area (Å²) in [5, 5.41) is 2.80. The standard InChI is InChI=1S/C21H14F6N4O/c1-32-14-9-10-17-30-19(21(25,26)27)18(31(17)11-14)15-3-2-4-16(29-15)28-13-7-5-12(6-8-13)20(22,23)24/h2-11H,1H3,(H,28,29). The van der Waals surface area contributed by atoms with E-state index in [0.717, 1.165) is 12.1 Å². The Balaban J connectivity index is 1.76. The third-order valence-corrected chi connectivity index (χ3v) is 4.57. The van der Waals surface area contributed by atoms with Crippen LogP contribution in [0.1, 0.15) is 11.3 Å². The van der Waals surface area contributed by atoms with E-state index in [-0.39, 0.29) is 22.9 Å². The molecule has 0 saturated heterocycles. The minimum Gasteiger partial charge on any atom is -0.495 e. The zero-order chi connectivity index (χ0) is 23.1. The van der Waals surface area contributed by atoms with Crippen LogP contribution in [0.5, 0.6) is 5.75 Å². The quantitative estimate of drug-likeness (QED) is 0.376. The van der Waals surface area contributed by atoms with Crippen molar-refractivity contribution in [3.05, 3.63) is 72.1 Å². The minimum atomic E-state index is -4.74. The SMILES string of the molecule is COc1ccc2nc(C(F)(F)F)c(-c3cccc(Nc4ccc(C(F)(F)F)cc4)n3)n2c1. The molecule has 0 fully saturated rings. The number of pyridine rings is 2. The Kier molecular flexibility index (Phi) is 5.19. The molecule has 32 heavy (non-hydrogen) atoms. The Bertz CT molecular complexity index is 1260. The molecule has 0 atom stereocenters. The molecule has 1 N–H and O–H groups in total. The molecule has 5 nitrogen and oxygen atoms in total. The number of hydrogen-bond donors (Lipinski definition) is 1. The first-order chi connectivity index (χ1) is 15.1. The Morgan fingerprint density at radius 1 is 0.844 bits per heavy atom. The van der Waals surface area contributed by atoms with Gasteiger partial charge in [-0.3, -0.25) is 4.40 Å². The number of imidazole rings is 1. The van der Waals surface area contributed by atoms with Crippen molar-refractivity contribution >= 4 is 17.2 Å². The van der Waals surface area contributed by atoms with E-state index in [9.17, 15) is 26.3 Å². The fraction of sp³-hybridized carbons (Fsp3) is 0.143. The van der Waals surface area contributed by atoms with Gasteiger partial charge < -0.3 is 10.1 Å². The fourth-order valence-electron chi connectivity index (χ4n) is 3.11. The molecule has 0 spiro atoms. The molecule has 0 aliphatic rings. The number of anilines is 2. The van der Waals surface area contributed by atoms with Crippen LogP contribution in [0.2, 0.25) is 0 Å².